The van der Waals surface area contributed by atoms with Gasteiger partial charge in [0.25, 0.3) is 5.91 Å². The molecule has 3 heterocycles. The van der Waals surface area contributed by atoms with E-state index in [1.54, 1.807) is 29.9 Å². The summed E-state index contributed by atoms with van der Waals surface area (Å²) in [6.45, 7) is 0. The van der Waals surface area contributed by atoms with Crippen LogP contribution in [0.5, 0.6) is 0 Å². The smallest absolute Gasteiger partial charge is 0.276 e. The number of aromatic nitrogens is 3. The van der Waals surface area contributed by atoms with Crippen LogP contribution in [0.1, 0.15) is 21.1 Å². The molecule has 0 saturated heterocycles. The van der Waals surface area contributed by atoms with Crippen molar-refractivity contribution < 1.29 is 9.18 Å². The highest BCUT2D eigenvalue weighted by Crippen LogP contribution is 2.24. The molecule has 27 heavy (non-hydrogen) atoms. The number of thiazole rings is 2. The molecular weight excluding hydrogens is 383 g/mol. The summed E-state index contributed by atoms with van der Waals surface area (Å²) in [6.07, 6.45) is 3.98. The monoisotopic (exact) mass is 396 g/mol. The molecule has 1 aromatic carbocycles. The highest BCUT2D eigenvalue weighted by Gasteiger charge is 2.14. The van der Waals surface area contributed by atoms with Crippen LogP contribution in [-0.4, -0.2) is 20.9 Å². The Morgan fingerprint density at radius 3 is 2.70 bits per heavy atom. The molecule has 4 rings (SSSR count). The van der Waals surface area contributed by atoms with Gasteiger partial charge < -0.3 is 0 Å². The standard InChI is InChI=1S/C19H13FN4OS2/c20-14-5-3-12(4-6-14)8-17-22-16(11-26-17)18(25)24-19-23-15(10-27-19)13-2-1-7-21-9-13/h1-7,9-11H,8H2,(H,23,24,25). The Bertz CT molecular complexity index is 1060. The summed E-state index contributed by atoms with van der Waals surface area (Å²) in [4.78, 5) is 25.3. The van der Waals surface area contributed by atoms with Crippen LogP contribution in [0, 0.1) is 5.82 Å². The zero-order chi connectivity index (χ0) is 18.6. The fourth-order valence-electron chi connectivity index (χ4n) is 2.41. The van der Waals surface area contributed by atoms with E-state index in [4.69, 9.17) is 0 Å². The number of pyridine rings is 1. The first-order chi connectivity index (χ1) is 13.2. The third-order valence-electron chi connectivity index (χ3n) is 3.73. The molecule has 0 aliphatic carbocycles. The molecule has 4 aromatic rings. The highest BCUT2D eigenvalue weighted by molar-refractivity contribution is 7.14. The van der Waals surface area contributed by atoms with E-state index in [0.29, 0.717) is 17.2 Å². The van der Waals surface area contributed by atoms with Crippen LogP contribution in [0.2, 0.25) is 0 Å². The van der Waals surface area contributed by atoms with Gasteiger partial charge in [-0.15, -0.1) is 22.7 Å². The normalized spacial score (nSPS) is 10.7. The summed E-state index contributed by atoms with van der Waals surface area (Å²) in [5.74, 6) is -0.573. The molecule has 0 aliphatic heterocycles. The van der Waals surface area contributed by atoms with Crippen molar-refractivity contribution in [3.05, 3.63) is 81.6 Å². The van der Waals surface area contributed by atoms with E-state index in [1.807, 2.05) is 17.5 Å². The van der Waals surface area contributed by atoms with Gasteiger partial charge in [-0.05, 0) is 29.8 Å². The zero-order valence-corrected chi connectivity index (χ0v) is 15.6. The minimum Gasteiger partial charge on any atom is -0.296 e. The SMILES string of the molecule is O=C(Nc1nc(-c2cccnc2)cs1)c1csc(Cc2ccc(F)cc2)n1. The van der Waals surface area contributed by atoms with Gasteiger partial charge in [0.05, 0.1) is 10.7 Å². The van der Waals surface area contributed by atoms with Gasteiger partial charge >= 0.3 is 0 Å². The summed E-state index contributed by atoms with van der Waals surface area (Å²) < 4.78 is 13.0. The van der Waals surface area contributed by atoms with Crippen molar-refractivity contribution >= 4 is 33.7 Å². The average molecular weight is 396 g/mol. The molecule has 0 aliphatic rings. The maximum Gasteiger partial charge on any atom is 0.276 e. The lowest BCUT2D eigenvalue weighted by atomic mass is 10.1. The van der Waals surface area contributed by atoms with Gasteiger partial charge in [0, 0.05) is 35.1 Å². The second-order valence-corrected chi connectivity index (χ2v) is 7.46. The largest absolute Gasteiger partial charge is 0.296 e. The Kier molecular flexibility index (Phi) is 4.99. The second-order valence-electron chi connectivity index (χ2n) is 5.66. The van der Waals surface area contributed by atoms with Crippen LogP contribution >= 0.6 is 22.7 Å². The number of nitrogens with zero attached hydrogens (tertiary/aromatic N) is 3. The van der Waals surface area contributed by atoms with E-state index in [2.05, 4.69) is 20.3 Å². The summed E-state index contributed by atoms with van der Waals surface area (Å²) in [5, 5.41) is 7.66. The Hall–Kier alpha value is -2.97. The van der Waals surface area contributed by atoms with Gasteiger partial charge in [-0.1, -0.05) is 12.1 Å². The van der Waals surface area contributed by atoms with E-state index in [0.717, 1.165) is 21.8 Å². The predicted octanol–water partition coefficient (Wildman–Crippen LogP) is 4.64. The van der Waals surface area contributed by atoms with Gasteiger partial charge in [-0.2, -0.15) is 0 Å². The molecule has 0 fully saturated rings. The summed E-state index contributed by atoms with van der Waals surface area (Å²) in [7, 11) is 0. The number of benzene rings is 1. The van der Waals surface area contributed by atoms with E-state index in [9.17, 15) is 9.18 Å². The lowest BCUT2D eigenvalue weighted by Gasteiger charge is -1.99. The molecule has 1 N–H and O–H groups in total. The Labute approximate surface area is 162 Å². The lowest BCUT2D eigenvalue weighted by Crippen LogP contribution is -2.12. The second kappa shape index (κ2) is 7.73. The number of carbonyl (C=O) groups excluding carboxylic acids is 1. The first-order valence-electron chi connectivity index (χ1n) is 8.03. The number of anilines is 1. The minimum atomic E-state index is -0.302. The van der Waals surface area contributed by atoms with E-state index in [-0.39, 0.29) is 11.7 Å². The minimum absolute atomic E-state index is 0.271. The van der Waals surface area contributed by atoms with Crippen molar-refractivity contribution in [2.45, 2.75) is 6.42 Å². The maximum atomic E-state index is 13.0. The maximum absolute atomic E-state index is 13.0. The molecule has 0 spiro atoms. The van der Waals surface area contributed by atoms with E-state index < -0.39 is 0 Å². The molecule has 8 heteroatoms. The van der Waals surface area contributed by atoms with Crippen LogP contribution in [0.25, 0.3) is 11.3 Å². The number of halogens is 1. The number of nitrogens with one attached hydrogen (secondary N) is 1. The van der Waals surface area contributed by atoms with Gasteiger partial charge in [-0.3, -0.25) is 15.1 Å². The zero-order valence-electron chi connectivity index (χ0n) is 13.9. The van der Waals surface area contributed by atoms with Gasteiger partial charge in [0.15, 0.2) is 5.13 Å². The molecule has 0 atom stereocenters. The molecule has 1 amide bonds. The van der Waals surface area contributed by atoms with Crippen molar-refractivity contribution in [2.24, 2.45) is 0 Å². The van der Waals surface area contributed by atoms with Gasteiger partial charge in [0.2, 0.25) is 0 Å². The first-order valence-corrected chi connectivity index (χ1v) is 9.79. The van der Waals surface area contributed by atoms with Gasteiger partial charge in [-0.25, -0.2) is 14.4 Å². The molecule has 134 valence electrons. The van der Waals surface area contributed by atoms with Crippen LogP contribution in [-0.2, 0) is 6.42 Å². The molecule has 0 radical (unpaired) electrons. The van der Waals surface area contributed by atoms with Crippen molar-refractivity contribution in [3.63, 3.8) is 0 Å². The fourth-order valence-corrected chi connectivity index (χ4v) is 3.94. The van der Waals surface area contributed by atoms with Crippen molar-refractivity contribution in [1.29, 1.82) is 0 Å². The number of amides is 1. The van der Waals surface area contributed by atoms with Crippen LogP contribution < -0.4 is 5.32 Å². The summed E-state index contributed by atoms with van der Waals surface area (Å²) >= 11 is 2.75. The Morgan fingerprint density at radius 2 is 1.93 bits per heavy atom. The van der Waals surface area contributed by atoms with Crippen LogP contribution in [0.15, 0.2) is 59.6 Å². The third kappa shape index (κ3) is 4.24. The van der Waals surface area contributed by atoms with Crippen molar-refractivity contribution in [1.82, 2.24) is 15.0 Å². The molecule has 5 nitrogen and oxygen atoms in total. The summed E-state index contributed by atoms with van der Waals surface area (Å²) in [5.41, 5.74) is 2.94. The number of rotatable bonds is 5. The third-order valence-corrected chi connectivity index (χ3v) is 5.34. The van der Waals surface area contributed by atoms with Crippen LogP contribution in [0.3, 0.4) is 0 Å². The molecular formula is C19H13FN4OS2. The Morgan fingerprint density at radius 1 is 1.07 bits per heavy atom. The number of hydrogen-bond donors (Lipinski definition) is 1. The summed E-state index contributed by atoms with van der Waals surface area (Å²) in [6, 6.07) is 10.0. The predicted molar refractivity (Wildman–Crippen MR) is 105 cm³/mol. The quantitative estimate of drug-likeness (QED) is 0.533. The van der Waals surface area contributed by atoms with E-state index in [1.165, 1.54) is 34.8 Å². The van der Waals surface area contributed by atoms with E-state index >= 15 is 0 Å². The number of hydrogen-bond acceptors (Lipinski definition) is 6. The molecule has 0 bridgehead atoms. The topological polar surface area (TPSA) is 67.8 Å². The van der Waals surface area contributed by atoms with Gasteiger partial charge in [0.1, 0.15) is 11.5 Å². The molecule has 0 unspecified atom stereocenters. The van der Waals surface area contributed by atoms with Crippen molar-refractivity contribution in [2.75, 3.05) is 5.32 Å². The fraction of sp³-hybridized carbons (Fsp3) is 0.0526. The average Bonchev–Trinajstić information content (AvgIpc) is 3.34. The highest BCUT2D eigenvalue weighted by atomic mass is 32.1. The first kappa shape index (κ1) is 17.4. The molecule has 3 aromatic heterocycles. The lowest BCUT2D eigenvalue weighted by molar-refractivity contribution is 0.102. The molecule has 0 saturated carbocycles. The Balaban J connectivity index is 1.42. The van der Waals surface area contributed by atoms with Crippen molar-refractivity contribution in [3.8, 4) is 11.3 Å². The van der Waals surface area contributed by atoms with Crippen LogP contribution in [0.4, 0.5) is 9.52 Å². The number of carbonyl (C=O) groups is 1.